The minimum atomic E-state index is -4.47. The van der Waals surface area contributed by atoms with Crippen molar-refractivity contribution in [2.45, 2.75) is 38.7 Å². The minimum Gasteiger partial charge on any atom is -0.352 e. The number of para-hydroxylation sites is 1. The van der Waals surface area contributed by atoms with Gasteiger partial charge in [-0.3, -0.25) is 9.97 Å². The Balaban J connectivity index is 1.65. The molecule has 0 spiro atoms. The summed E-state index contributed by atoms with van der Waals surface area (Å²) in [5.41, 5.74) is 3.36. The molecule has 184 valence electrons. The Morgan fingerprint density at radius 1 is 0.944 bits per heavy atom. The van der Waals surface area contributed by atoms with Crippen LogP contribution in [0, 0.1) is 13.8 Å². The van der Waals surface area contributed by atoms with Gasteiger partial charge in [0.1, 0.15) is 0 Å². The monoisotopic (exact) mass is 507 g/mol. The van der Waals surface area contributed by atoms with Crippen molar-refractivity contribution in [2.24, 2.45) is 0 Å². The molecule has 2 atom stereocenters. The molecule has 0 aliphatic carbocycles. The molecule has 4 heterocycles. The van der Waals surface area contributed by atoms with Crippen molar-refractivity contribution in [3.05, 3.63) is 113 Å². The maximum Gasteiger partial charge on any atom is 0.418 e. The molecule has 1 aromatic carbocycles. The minimum absolute atomic E-state index is 0.102. The lowest BCUT2D eigenvalue weighted by molar-refractivity contribution is -0.137. The standard InChI is InChI=1S/C27H24F3N5S/c1-17-15-20(18(2)35(17)23-12-4-3-10-21(23)27(28,29)30)25-24(22-11-6-8-14-32-22)33-26(36)34(25)16-19-9-5-7-13-31-19/h3-15,24-25H,16H2,1-2H3,(H,33,36)/t24-,25+/m0/s1. The predicted octanol–water partition coefficient (Wildman–Crippen LogP) is 6.08. The largest absolute Gasteiger partial charge is 0.418 e. The topological polar surface area (TPSA) is 46.0 Å². The smallest absolute Gasteiger partial charge is 0.352 e. The highest BCUT2D eigenvalue weighted by molar-refractivity contribution is 7.80. The van der Waals surface area contributed by atoms with Crippen LogP contribution in [0.3, 0.4) is 0 Å². The van der Waals surface area contributed by atoms with E-state index in [9.17, 15) is 13.2 Å². The lowest BCUT2D eigenvalue weighted by atomic mass is 9.96. The lowest BCUT2D eigenvalue weighted by Gasteiger charge is -2.28. The Kier molecular flexibility index (Phi) is 6.26. The number of pyridine rings is 2. The van der Waals surface area contributed by atoms with Crippen molar-refractivity contribution in [3.8, 4) is 5.69 Å². The zero-order valence-electron chi connectivity index (χ0n) is 19.7. The molecule has 1 saturated heterocycles. The van der Waals surface area contributed by atoms with Crippen LogP contribution in [0.2, 0.25) is 0 Å². The quantitative estimate of drug-likeness (QED) is 0.332. The number of nitrogens with one attached hydrogen (secondary N) is 1. The van der Waals surface area contributed by atoms with Crippen molar-refractivity contribution >= 4 is 17.3 Å². The Labute approximate surface area is 212 Å². The van der Waals surface area contributed by atoms with Gasteiger partial charge in [0, 0.05) is 23.8 Å². The van der Waals surface area contributed by atoms with E-state index in [1.165, 1.54) is 12.1 Å². The molecule has 3 aromatic heterocycles. The molecule has 9 heteroatoms. The van der Waals surface area contributed by atoms with Crippen LogP contribution in [0.25, 0.3) is 5.69 Å². The second-order valence-electron chi connectivity index (χ2n) is 8.75. The first-order valence-corrected chi connectivity index (χ1v) is 11.9. The molecule has 1 aliphatic heterocycles. The van der Waals surface area contributed by atoms with Crippen molar-refractivity contribution in [3.63, 3.8) is 0 Å². The van der Waals surface area contributed by atoms with Gasteiger partial charge in [0.2, 0.25) is 0 Å². The SMILES string of the molecule is Cc1cc([C@@H]2[C@H](c3ccccn3)NC(=S)N2Cc2ccccn2)c(C)n1-c1ccccc1C(F)(F)F. The van der Waals surface area contributed by atoms with Gasteiger partial charge >= 0.3 is 6.18 Å². The van der Waals surface area contributed by atoms with Crippen LogP contribution in [-0.4, -0.2) is 24.5 Å². The molecule has 0 amide bonds. The van der Waals surface area contributed by atoms with Gasteiger partial charge in [0.25, 0.3) is 0 Å². The molecule has 1 fully saturated rings. The fraction of sp³-hybridized carbons (Fsp3) is 0.222. The van der Waals surface area contributed by atoms with E-state index in [1.54, 1.807) is 23.0 Å². The summed E-state index contributed by atoms with van der Waals surface area (Å²) in [5.74, 6) is 0. The van der Waals surface area contributed by atoms with Crippen LogP contribution < -0.4 is 5.32 Å². The molecule has 1 N–H and O–H groups in total. The number of rotatable bonds is 5. The highest BCUT2D eigenvalue weighted by Gasteiger charge is 2.42. The molecular formula is C27H24F3N5S. The molecule has 0 bridgehead atoms. The van der Waals surface area contributed by atoms with E-state index < -0.39 is 11.7 Å². The Bertz CT molecular complexity index is 1390. The number of thiocarbonyl (C=S) groups is 1. The summed E-state index contributed by atoms with van der Waals surface area (Å²) < 4.78 is 43.3. The second kappa shape index (κ2) is 9.39. The molecule has 5 rings (SSSR count). The zero-order valence-corrected chi connectivity index (χ0v) is 20.5. The van der Waals surface area contributed by atoms with Crippen LogP contribution in [0.4, 0.5) is 13.2 Å². The molecule has 0 radical (unpaired) electrons. The van der Waals surface area contributed by atoms with E-state index in [-0.39, 0.29) is 17.8 Å². The van der Waals surface area contributed by atoms with Gasteiger partial charge in [0.05, 0.1) is 41.3 Å². The molecule has 36 heavy (non-hydrogen) atoms. The van der Waals surface area contributed by atoms with Crippen LogP contribution in [0.5, 0.6) is 0 Å². The highest BCUT2D eigenvalue weighted by Crippen LogP contribution is 2.43. The van der Waals surface area contributed by atoms with Crippen LogP contribution in [0.15, 0.2) is 79.1 Å². The van der Waals surface area contributed by atoms with Crippen LogP contribution >= 0.6 is 12.2 Å². The third-order valence-corrected chi connectivity index (χ3v) is 6.85. The number of hydrogen-bond donors (Lipinski definition) is 1. The maximum absolute atomic E-state index is 13.9. The van der Waals surface area contributed by atoms with E-state index in [0.717, 1.165) is 23.0 Å². The first-order valence-electron chi connectivity index (χ1n) is 11.5. The number of halogens is 3. The lowest BCUT2D eigenvalue weighted by Crippen LogP contribution is -2.29. The predicted molar refractivity (Wildman–Crippen MR) is 135 cm³/mol. The average Bonchev–Trinajstić information content (AvgIpc) is 3.34. The number of benzene rings is 1. The Morgan fingerprint density at radius 2 is 1.64 bits per heavy atom. The molecule has 5 nitrogen and oxygen atoms in total. The van der Waals surface area contributed by atoms with Gasteiger partial charge in [-0.25, -0.2) is 0 Å². The summed E-state index contributed by atoms with van der Waals surface area (Å²) in [4.78, 5) is 11.1. The van der Waals surface area contributed by atoms with Crippen LogP contribution in [0.1, 0.15) is 46.0 Å². The first kappa shape index (κ1) is 24.0. The van der Waals surface area contributed by atoms with Crippen LogP contribution in [-0.2, 0) is 12.7 Å². The fourth-order valence-electron chi connectivity index (χ4n) is 4.95. The third kappa shape index (κ3) is 4.35. The summed E-state index contributed by atoms with van der Waals surface area (Å²) >= 11 is 5.74. The summed E-state index contributed by atoms with van der Waals surface area (Å²) in [7, 11) is 0. The van der Waals surface area contributed by atoms with E-state index >= 15 is 0 Å². The summed E-state index contributed by atoms with van der Waals surface area (Å²) in [6.07, 6.45) is -1.02. The average molecular weight is 508 g/mol. The van der Waals surface area contributed by atoms with Gasteiger partial charge in [-0.05, 0) is 74.1 Å². The number of aromatic nitrogens is 3. The molecule has 0 unspecified atom stereocenters. The van der Waals surface area contributed by atoms with Crippen molar-refractivity contribution in [2.75, 3.05) is 0 Å². The third-order valence-electron chi connectivity index (χ3n) is 6.50. The van der Waals surface area contributed by atoms with Gasteiger partial charge in [0.15, 0.2) is 5.11 Å². The van der Waals surface area contributed by atoms with E-state index in [0.29, 0.717) is 23.0 Å². The summed E-state index contributed by atoms with van der Waals surface area (Å²) in [5, 5.41) is 3.94. The molecular weight excluding hydrogens is 483 g/mol. The summed E-state index contributed by atoms with van der Waals surface area (Å²) in [6.45, 7) is 4.12. The second-order valence-corrected chi connectivity index (χ2v) is 9.14. The number of alkyl halides is 3. The van der Waals surface area contributed by atoms with Gasteiger partial charge in [-0.15, -0.1) is 0 Å². The van der Waals surface area contributed by atoms with E-state index in [4.69, 9.17) is 12.2 Å². The zero-order chi connectivity index (χ0) is 25.4. The van der Waals surface area contributed by atoms with Gasteiger partial charge in [-0.1, -0.05) is 24.3 Å². The van der Waals surface area contributed by atoms with E-state index in [2.05, 4.69) is 15.3 Å². The molecule has 0 saturated carbocycles. The van der Waals surface area contributed by atoms with Gasteiger partial charge in [-0.2, -0.15) is 13.2 Å². The normalized spacial score (nSPS) is 17.9. The molecule has 4 aromatic rings. The Morgan fingerprint density at radius 3 is 2.31 bits per heavy atom. The maximum atomic E-state index is 13.9. The van der Waals surface area contributed by atoms with Crippen molar-refractivity contribution in [1.82, 2.24) is 24.8 Å². The first-order chi connectivity index (χ1) is 17.3. The molecule has 1 aliphatic rings. The number of hydrogen-bond acceptors (Lipinski definition) is 3. The number of nitrogens with zero attached hydrogens (tertiary/aromatic N) is 4. The van der Waals surface area contributed by atoms with E-state index in [1.807, 2.05) is 61.2 Å². The van der Waals surface area contributed by atoms with Crippen molar-refractivity contribution < 1.29 is 13.2 Å². The highest BCUT2D eigenvalue weighted by atomic mass is 32.1. The van der Waals surface area contributed by atoms with Gasteiger partial charge < -0.3 is 14.8 Å². The fourth-order valence-corrected chi connectivity index (χ4v) is 5.25. The van der Waals surface area contributed by atoms with Crippen molar-refractivity contribution in [1.29, 1.82) is 0 Å². The summed E-state index contributed by atoms with van der Waals surface area (Å²) in [6, 6.07) is 18.4. The Hall–Kier alpha value is -3.72. The number of aryl methyl sites for hydroxylation is 1.